The van der Waals surface area contributed by atoms with E-state index in [1.54, 1.807) is 6.92 Å². The van der Waals surface area contributed by atoms with Gasteiger partial charge in [0.2, 0.25) is 0 Å². The number of aryl methyl sites for hydroxylation is 1. The fourth-order valence-electron chi connectivity index (χ4n) is 2.78. The van der Waals surface area contributed by atoms with Crippen LogP contribution in [0.3, 0.4) is 0 Å². The maximum absolute atomic E-state index is 14.0. The molecule has 0 spiro atoms. The summed E-state index contributed by atoms with van der Waals surface area (Å²) in [6.45, 7) is 5.63. The zero-order valence-corrected chi connectivity index (χ0v) is 12.9. The summed E-state index contributed by atoms with van der Waals surface area (Å²) in [6.07, 6.45) is 0. The largest absolute Gasteiger partial charge is 0.369 e. The van der Waals surface area contributed by atoms with Crippen LogP contribution in [0.5, 0.6) is 0 Å². The molecule has 4 heteroatoms. The quantitative estimate of drug-likeness (QED) is 0.835. The fraction of sp³-hybridized carbons (Fsp3) is 0.333. The van der Waals surface area contributed by atoms with Gasteiger partial charge in [0, 0.05) is 37.4 Å². The first kappa shape index (κ1) is 15.0. The second-order valence-electron chi connectivity index (χ2n) is 5.92. The van der Waals surface area contributed by atoms with E-state index in [1.165, 1.54) is 12.1 Å². The molecule has 0 unspecified atom stereocenters. The van der Waals surface area contributed by atoms with Gasteiger partial charge in [0.05, 0.1) is 0 Å². The number of rotatable bonds is 2. The van der Waals surface area contributed by atoms with Crippen LogP contribution < -0.4 is 4.90 Å². The van der Waals surface area contributed by atoms with Gasteiger partial charge in [-0.2, -0.15) is 0 Å². The predicted octanol–water partition coefficient (Wildman–Crippen LogP) is 3.69. The maximum Gasteiger partial charge on any atom is 0.131 e. The highest BCUT2D eigenvalue weighted by molar-refractivity contribution is 5.67. The Morgan fingerprint density at radius 2 is 1.50 bits per heavy atom. The molecule has 22 heavy (non-hydrogen) atoms. The molecule has 1 aliphatic rings. The fourth-order valence-corrected chi connectivity index (χ4v) is 2.78. The van der Waals surface area contributed by atoms with Crippen LogP contribution in [-0.4, -0.2) is 38.1 Å². The minimum atomic E-state index is -0.383. The van der Waals surface area contributed by atoms with Crippen LogP contribution in [0.15, 0.2) is 36.4 Å². The summed E-state index contributed by atoms with van der Waals surface area (Å²) in [5.41, 5.74) is 2.47. The molecular formula is C18H20F2N2. The van der Waals surface area contributed by atoms with Crippen molar-refractivity contribution in [2.24, 2.45) is 0 Å². The topological polar surface area (TPSA) is 6.48 Å². The first-order chi connectivity index (χ1) is 10.5. The van der Waals surface area contributed by atoms with Gasteiger partial charge in [0.15, 0.2) is 0 Å². The lowest BCUT2D eigenvalue weighted by Gasteiger charge is -2.34. The summed E-state index contributed by atoms with van der Waals surface area (Å²) >= 11 is 0. The van der Waals surface area contributed by atoms with Gasteiger partial charge >= 0.3 is 0 Å². The summed E-state index contributed by atoms with van der Waals surface area (Å²) in [5, 5.41) is 0. The van der Waals surface area contributed by atoms with Crippen molar-refractivity contribution in [2.75, 3.05) is 38.1 Å². The van der Waals surface area contributed by atoms with Crippen molar-refractivity contribution >= 4 is 5.69 Å². The standard InChI is InChI=1S/C18H20F2N2/c1-13-11-18(20)16(12-17(13)19)14-3-5-15(6-4-14)22-9-7-21(2)8-10-22/h3-6,11-12H,7-10H2,1-2H3. The SMILES string of the molecule is Cc1cc(F)c(-c2ccc(N3CCN(C)CC3)cc2)cc1F. The van der Waals surface area contributed by atoms with Crippen molar-refractivity contribution in [3.05, 3.63) is 53.6 Å². The number of nitrogens with zero attached hydrogens (tertiary/aromatic N) is 2. The second kappa shape index (κ2) is 6.05. The van der Waals surface area contributed by atoms with Gasteiger partial charge in [-0.25, -0.2) is 8.78 Å². The molecule has 0 aromatic heterocycles. The molecule has 0 saturated carbocycles. The first-order valence-corrected chi connectivity index (χ1v) is 7.54. The molecule has 2 nitrogen and oxygen atoms in total. The molecule has 1 aliphatic heterocycles. The molecule has 0 atom stereocenters. The first-order valence-electron chi connectivity index (χ1n) is 7.54. The summed E-state index contributed by atoms with van der Waals surface area (Å²) in [4.78, 5) is 4.62. The van der Waals surface area contributed by atoms with Crippen LogP contribution in [0, 0.1) is 18.6 Å². The lowest BCUT2D eigenvalue weighted by atomic mass is 10.0. The molecule has 1 heterocycles. The van der Waals surface area contributed by atoms with Crippen LogP contribution >= 0.6 is 0 Å². The third-order valence-corrected chi connectivity index (χ3v) is 4.30. The van der Waals surface area contributed by atoms with E-state index in [1.807, 2.05) is 24.3 Å². The highest BCUT2D eigenvalue weighted by Crippen LogP contribution is 2.27. The number of hydrogen-bond donors (Lipinski definition) is 0. The van der Waals surface area contributed by atoms with Crippen LogP contribution in [0.1, 0.15) is 5.56 Å². The smallest absolute Gasteiger partial charge is 0.131 e. The van der Waals surface area contributed by atoms with Crippen molar-refractivity contribution in [1.29, 1.82) is 0 Å². The Kier molecular flexibility index (Phi) is 4.12. The molecule has 1 saturated heterocycles. The molecular weight excluding hydrogens is 282 g/mol. The van der Waals surface area contributed by atoms with Gasteiger partial charge < -0.3 is 9.80 Å². The predicted molar refractivity (Wildman–Crippen MR) is 86.2 cm³/mol. The Morgan fingerprint density at radius 3 is 2.14 bits per heavy atom. The summed E-state index contributed by atoms with van der Waals surface area (Å²) in [6, 6.07) is 10.2. The normalized spacial score (nSPS) is 16.1. The molecule has 0 aliphatic carbocycles. The number of benzene rings is 2. The molecule has 0 N–H and O–H groups in total. The van der Waals surface area contributed by atoms with Gasteiger partial charge in [-0.05, 0) is 49.4 Å². The summed E-state index contributed by atoms with van der Waals surface area (Å²) in [5.74, 6) is -0.759. The van der Waals surface area contributed by atoms with Crippen molar-refractivity contribution in [3.63, 3.8) is 0 Å². The number of halogens is 2. The van der Waals surface area contributed by atoms with E-state index in [9.17, 15) is 8.78 Å². The lowest BCUT2D eigenvalue weighted by Crippen LogP contribution is -2.44. The average Bonchev–Trinajstić information content (AvgIpc) is 2.52. The molecule has 0 amide bonds. The number of hydrogen-bond acceptors (Lipinski definition) is 2. The van der Waals surface area contributed by atoms with Gasteiger partial charge in [0.25, 0.3) is 0 Å². The van der Waals surface area contributed by atoms with E-state index < -0.39 is 0 Å². The van der Waals surface area contributed by atoms with Crippen LogP contribution in [0.25, 0.3) is 11.1 Å². The Labute approximate surface area is 130 Å². The van der Waals surface area contributed by atoms with E-state index in [4.69, 9.17) is 0 Å². The molecule has 0 bridgehead atoms. The van der Waals surface area contributed by atoms with E-state index in [-0.39, 0.29) is 11.6 Å². The van der Waals surface area contributed by atoms with E-state index in [0.717, 1.165) is 31.9 Å². The van der Waals surface area contributed by atoms with Crippen molar-refractivity contribution in [1.82, 2.24) is 4.90 Å². The van der Waals surface area contributed by atoms with Crippen LogP contribution in [0.2, 0.25) is 0 Å². The molecule has 1 fully saturated rings. The highest BCUT2D eigenvalue weighted by Gasteiger charge is 2.15. The van der Waals surface area contributed by atoms with Crippen LogP contribution in [-0.2, 0) is 0 Å². The minimum absolute atomic E-state index is 0.313. The summed E-state index contributed by atoms with van der Waals surface area (Å²) in [7, 11) is 2.12. The minimum Gasteiger partial charge on any atom is -0.369 e. The van der Waals surface area contributed by atoms with E-state index in [2.05, 4.69) is 16.8 Å². The van der Waals surface area contributed by atoms with Crippen molar-refractivity contribution in [2.45, 2.75) is 6.92 Å². The molecule has 116 valence electrons. The van der Waals surface area contributed by atoms with Crippen molar-refractivity contribution in [3.8, 4) is 11.1 Å². The summed E-state index contributed by atoms with van der Waals surface area (Å²) < 4.78 is 27.7. The Hall–Kier alpha value is -1.94. The maximum atomic E-state index is 14.0. The number of likely N-dealkylation sites (N-methyl/N-ethyl adjacent to an activating group) is 1. The van der Waals surface area contributed by atoms with Gasteiger partial charge in [-0.1, -0.05) is 12.1 Å². The van der Waals surface area contributed by atoms with Crippen LogP contribution in [0.4, 0.5) is 14.5 Å². The lowest BCUT2D eigenvalue weighted by molar-refractivity contribution is 0.313. The molecule has 2 aromatic rings. The molecule has 3 rings (SSSR count). The third kappa shape index (κ3) is 2.97. The number of anilines is 1. The van der Waals surface area contributed by atoms with Gasteiger partial charge in [-0.15, -0.1) is 0 Å². The van der Waals surface area contributed by atoms with Gasteiger partial charge in [0.1, 0.15) is 11.6 Å². The zero-order chi connectivity index (χ0) is 15.7. The Balaban J connectivity index is 1.84. The monoisotopic (exact) mass is 302 g/mol. The molecule has 2 aromatic carbocycles. The Morgan fingerprint density at radius 1 is 0.864 bits per heavy atom. The Bertz CT molecular complexity index is 660. The zero-order valence-electron chi connectivity index (χ0n) is 12.9. The second-order valence-corrected chi connectivity index (χ2v) is 5.92. The average molecular weight is 302 g/mol. The van der Waals surface area contributed by atoms with E-state index >= 15 is 0 Å². The van der Waals surface area contributed by atoms with Crippen molar-refractivity contribution < 1.29 is 8.78 Å². The molecule has 0 radical (unpaired) electrons. The number of piperazine rings is 1. The van der Waals surface area contributed by atoms with E-state index in [0.29, 0.717) is 16.7 Å². The third-order valence-electron chi connectivity index (χ3n) is 4.30. The van der Waals surface area contributed by atoms with Gasteiger partial charge in [-0.3, -0.25) is 0 Å². The highest BCUT2D eigenvalue weighted by atomic mass is 19.1.